The van der Waals surface area contributed by atoms with Crippen molar-refractivity contribution < 1.29 is 9.84 Å². The van der Waals surface area contributed by atoms with Gasteiger partial charge in [-0.25, -0.2) is 0 Å². The zero-order chi connectivity index (χ0) is 14.5. The van der Waals surface area contributed by atoms with Crippen LogP contribution >= 0.6 is 0 Å². The number of aliphatic hydroxyl groups is 1. The molecule has 1 rings (SSSR count). The van der Waals surface area contributed by atoms with Gasteiger partial charge in [-0.05, 0) is 52.7 Å². The van der Waals surface area contributed by atoms with Crippen molar-refractivity contribution in [2.45, 2.75) is 46.6 Å². The van der Waals surface area contributed by atoms with E-state index in [1.807, 2.05) is 39.0 Å². The molecule has 0 bridgehead atoms. The summed E-state index contributed by atoms with van der Waals surface area (Å²) in [4.78, 5) is 0. The number of nitrogens with zero attached hydrogens (tertiary/aromatic N) is 1. The summed E-state index contributed by atoms with van der Waals surface area (Å²) in [5.41, 5.74) is 1.62. The van der Waals surface area contributed by atoms with Gasteiger partial charge in [-0.3, -0.25) is 0 Å². The first-order chi connectivity index (χ1) is 8.85. The molecule has 0 amide bonds. The molecule has 0 fully saturated rings. The van der Waals surface area contributed by atoms with Gasteiger partial charge >= 0.3 is 0 Å². The minimum Gasteiger partial charge on any atom is -0.493 e. The lowest BCUT2D eigenvalue weighted by molar-refractivity contribution is 0.190. The SMILES string of the molecule is Cc1ccc(OCCCC(C)(C)C#N)c(C(C)O)c1. The second kappa shape index (κ2) is 6.58. The van der Waals surface area contributed by atoms with Crippen LogP contribution in [0.15, 0.2) is 18.2 Å². The number of rotatable bonds is 6. The highest BCUT2D eigenvalue weighted by Gasteiger charge is 2.16. The quantitative estimate of drug-likeness (QED) is 0.793. The summed E-state index contributed by atoms with van der Waals surface area (Å²) in [5.74, 6) is 0.732. The Morgan fingerprint density at radius 2 is 2.11 bits per heavy atom. The first-order valence-electron chi connectivity index (χ1n) is 6.68. The zero-order valence-electron chi connectivity index (χ0n) is 12.2. The predicted octanol–water partition coefficient (Wildman–Crippen LogP) is 3.76. The van der Waals surface area contributed by atoms with Crippen LogP contribution in [0.25, 0.3) is 0 Å². The number of hydrogen-bond donors (Lipinski definition) is 1. The molecule has 104 valence electrons. The molecule has 1 unspecified atom stereocenters. The van der Waals surface area contributed by atoms with E-state index in [2.05, 4.69) is 6.07 Å². The predicted molar refractivity (Wildman–Crippen MR) is 75.9 cm³/mol. The highest BCUT2D eigenvalue weighted by molar-refractivity contribution is 5.38. The molecule has 0 aromatic heterocycles. The molecule has 19 heavy (non-hydrogen) atoms. The topological polar surface area (TPSA) is 53.2 Å². The summed E-state index contributed by atoms with van der Waals surface area (Å²) in [7, 11) is 0. The molecule has 0 aliphatic rings. The van der Waals surface area contributed by atoms with E-state index in [-0.39, 0.29) is 5.41 Å². The number of aliphatic hydroxyl groups excluding tert-OH is 1. The summed E-state index contributed by atoms with van der Waals surface area (Å²) in [5, 5.41) is 18.7. The first kappa shape index (κ1) is 15.5. The fraction of sp³-hybridized carbons (Fsp3) is 0.562. The van der Waals surface area contributed by atoms with Crippen LogP contribution in [0.1, 0.15) is 50.8 Å². The van der Waals surface area contributed by atoms with Gasteiger partial charge in [0.15, 0.2) is 0 Å². The summed E-state index contributed by atoms with van der Waals surface area (Å²) in [6, 6.07) is 8.09. The number of ether oxygens (including phenoxy) is 1. The average molecular weight is 261 g/mol. The van der Waals surface area contributed by atoms with E-state index in [4.69, 9.17) is 10.00 Å². The molecule has 1 aromatic carbocycles. The number of nitriles is 1. The Kier molecular flexibility index (Phi) is 5.38. The van der Waals surface area contributed by atoms with Crippen LogP contribution in [0.5, 0.6) is 5.75 Å². The summed E-state index contributed by atoms with van der Waals surface area (Å²) < 4.78 is 5.72. The molecule has 0 spiro atoms. The maximum absolute atomic E-state index is 9.73. The minimum atomic E-state index is -0.537. The Balaban J connectivity index is 2.57. The van der Waals surface area contributed by atoms with Crippen molar-refractivity contribution in [2.75, 3.05) is 6.61 Å². The van der Waals surface area contributed by atoms with Crippen LogP contribution < -0.4 is 4.74 Å². The molecule has 0 aliphatic carbocycles. The summed E-state index contributed by atoms with van der Waals surface area (Å²) in [6.07, 6.45) is 1.10. The Labute approximate surface area is 115 Å². The monoisotopic (exact) mass is 261 g/mol. The molecule has 0 saturated heterocycles. The molecule has 1 aromatic rings. The maximum Gasteiger partial charge on any atom is 0.125 e. The van der Waals surface area contributed by atoms with Crippen LogP contribution in [0.3, 0.4) is 0 Å². The lowest BCUT2D eigenvalue weighted by Crippen LogP contribution is -2.10. The van der Waals surface area contributed by atoms with Crippen molar-refractivity contribution in [1.82, 2.24) is 0 Å². The fourth-order valence-electron chi connectivity index (χ4n) is 1.88. The molecule has 0 radical (unpaired) electrons. The third-order valence-corrected chi connectivity index (χ3v) is 3.12. The molecule has 1 N–H and O–H groups in total. The van der Waals surface area contributed by atoms with Gasteiger partial charge in [0.05, 0.1) is 24.2 Å². The van der Waals surface area contributed by atoms with E-state index < -0.39 is 6.10 Å². The second-order valence-electron chi connectivity index (χ2n) is 5.66. The smallest absolute Gasteiger partial charge is 0.125 e. The standard InChI is InChI=1S/C16H23NO2/c1-12-6-7-15(14(10-12)13(2)18)19-9-5-8-16(3,4)11-17/h6-7,10,13,18H,5,8-9H2,1-4H3. The van der Waals surface area contributed by atoms with E-state index >= 15 is 0 Å². The van der Waals surface area contributed by atoms with Gasteiger partial charge in [0.2, 0.25) is 0 Å². The van der Waals surface area contributed by atoms with Gasteiger partial charge in [-0.2, -0.15) is 5.26 Å². The lowest BCUT2D eigenvalue weighted by atomic mass is 9.90. The second-order valence-corrected chi connectivity index (χ2v) is 5.66. The van der Waals surface area contributed by atoms with Crippen LogP contribution in [-0.4, -0.2) is 11.7 Å². The van der Waals surface area contributed by atoms with Crippen molar-refractivity contribution in [1.29, 1.82) is 5.26 Å². The first-order valence-corrected chi connectivity index (χ1v) is 6.68. The highest BCUT2D eigenvalue weighted by atomic mass is 16.5. The van der Waals surface area contributed by atoms with Gasteiger partial charge in [-0.15, -0.1) is 0 Å². The van der Waals surface area contributed by atoms with Gasteiger partial charge < -0.3 is 9.84 Å². The van der Waals surface area contributed by atoms with E-state index in [0.29, 0.717) is 6.61 Å². The molecule has 3 heteroatoms. The Morgan fingerprint density at radius 3 is 2.68 bits per heavy atom. The number of aryl methyl sites for hydroxylation is 1. The Hall–Kier alpha value is -1.53. The van der Waals surface area contributed by atoms with Crippen LogP contribution in [0, 0.1) is 23.7 Å². The van der Waals surface area contributed by atoms with Crippen molar-refractivity contribution in [2.24, 2.45) is 5.41 Å². The summed E-state index contributed by atoms with van der Waals surface area (Å²) >= 11 is 0. The molecule has 0 heterocycles. The molecule has 0 saturated carbocycles. The lowest BCUT2D eigenvalue weighted by Gasteiger charge is -2.17. The van der Waals surface area contributed by atoms with Crippen LogP contribution in [-0.2, 0) is 0 Å². The van der Waals surface area contributed by atoms with Gasteiger partial charge in [0.1, 0.15) is 5.75 Å². The molecule has 3 nitrogen and oxygen atoms in total. The van der Waals surface area contributed by atoms with E-state index in [9.17, 15) is 5.11 Å². The minimum absolute atomic E-state index is 0.302. The highest BCUT2D eigenvalue weighted by Crippen LogP contribution is 2.27. The van der Waals surface area contributed by atoms with Gasteiger partial charge in [0, 0.05) is 5.56 Å². The van der Waals surface area contributed by atoms with E-state index in [1.54, 1.807) is 6.92 Å². The molecule has 0 aliphatic heterocycles. The van der Waals surface area contributed by atoms with Crippen molar-refractivity contribution in [3.8, 4) is 11.8 Å². The van der Waals surface area contributed by atoms with Crippen LogP contribution in [0.2, 0.25) is 0 Å². The van der Waals surface area contributed by atoms with E-state index in [0.717, 1.165) is 29.7 Å². The normalized spacial score (nSPS) is 12.8. The summed E-state index contributed by atoms with van der Waals surface area (Å²) in [6.45, 7) is 8.15. The molecular weight excluding hydrogens is 238 g/mol. The number of benzene rings is 1. The zero-order valence-corrected chi connectivity index (χ0v) is 12.2. The maximum atomic E-state index is 9.73. The molecule has 1 atom stereocenters. The Morgan fingerprint density at radius 1 is 1.42 bits per heavy atom. The average Bonchev–Trinajstić information content (AvgIpc) is 2.36. The van der Waals surface area contributed by atoms with Crippen molar-refractivity contribution >= 4 is 0 Å². The third-order valence-electron chi connectivity index (χ3n) is 3.12. The van der Waals surface area contributed by atoms with Crippen molar-refractivity contribution in [3.05, 3.63) is 29.3 Å². The van der Waals surface area contributed by atoms with Gasteiger partial charge in [0.25, 0.3) is 0 Å². The van der Waals surface area contributed by atoms with Crippen molar-refractivity contribution in [3.63, 3.8) is 0 Å². The van der Waals surface area contributed by atoms with Gasteiger partial charge in [-0.1, -0.05) is 11.6 Å². The third kappa shape index (κ3) is 4.92. The number of hydrogen-bond acceptors (Lipinski definition) is 3. The molecular formula is C16H23NO2. The van der Waals surface area contributed by atoms with Crippen LogP contribution in [0.4, 0.5) is 0 Å². The fourth-order valence-corrected chi connectivity index (χ4v) is 1.88. The largest absolute Gasteiger partial charge is 0.493 e. The van der Waals surface area contributed by atoms with E-state index in [1.165, 1.54) is 0 Å². The Bertz CT molecular complexity index is 458.